The third-order valence-electron chi connectivity index (χ3n) is 5.48. The molecular formula is C25H27N7O5S. The number of hydrogen-bond acceptors (Lipinski definition) is 10. The zero-order chi connectivity index (χ0) is 27.3. The lowest BCUT2D eigenvalue weighted by atomic mass is 10.1. The number of carbonyl (C=O) groups is 1. The standard InChI is InChI=1S/C25H27N7O5S/c1-2-37-24-22-21(31-25(32-24)28-13-15-3-9-18(10-4-15)38(27,35)36)12-11-20(30-22)16-5-7-17(8-6-16)29-23(34)19(26)14-33/h3-12,19,33H,2,13-14,26H2,1H3,(H,29,34)(H2,27,35,36)(H,28,31,32)/t19-/m0/s1. The summed E-state index contributed by atoms with van der Waals surface area (Å²) in [6.45, 7) is 2.12. The average Bonchev–Trinajstić information content (AvgIpc) is 2.91. The van der Waals surface area contributed by atoms with Crippen LogP contribution in [0.4, 0.5) is 11.6 Å². The van der Waals surface area contributed by atoms with Gasteiger partial charge in [0.15, 0.2) is 5.52 Å². The molecule has 0 saturated heterocycles. The first-order valence-electron chi connectivity index (χ1n) is 11.6. The van der Waals surface area contributed by atoms with Crippen molar-refractivity contribution in [1.82, 2.24) is 15.0 Å². The number of anilines is 2. The van der Waals surface area contributed by atoms with Crippen molar-refractivity contribution in [2.24, 2.45) is 10.9 Å². The number of aromatic nitrogens is 3. The van der Waals surface area contributed by atoms with Gasteiger partial charge in [0, 0.05) is 17.8 Å². The quantitative estimate of drug-likeness (QED) is 0.198. The van der Waals surface area contributed by atoms with E-state index < -0.39 is 28.6 Å². The minimum atomic E-state index is -3.76. The Hall–Kier alpha value is -4.17. The number of pyridine rings is 1. The molecule has 2 aromatic heterocycles. The van der Waals surface area contributed by atoms with Crippen molar-refractivity contribution < 1.29 is 23.1 Å². The number of amides is 1. The van der Waals surface area contributed by atoms with Crippen molar-refractivity contribution in [3.8, 4) is 17.1 Å². The molecule has 0 aliphatic carbocycles. The topological polar surface area (TPSA) is 195 Å². The van der Waals surface area contributed by atoms with E-state index in [9.17, 15) is 13.2 Å². The number of ether oxygens (including phenoxy) is 1. The molecule has 2 aromatic carbocycles. The number of benzene rings is 2. The number of carbonyl (C=O) groups excluding carboxylic acids is 1. The molecule has 12 nitrogen and oxygen atoms in total. The van der Waals surface area contributed by atoms with Crippen LogP contribution in [0.15, 0.2) is 65.6 Å². The minimum absolute atomic E-state index is 0.0361. The van der Waals surface area contributed by atoms with Gasteiger partial charge in [-0.15, -0.1) is 0 Å². The summed E-state index contributed by atoms with van der Waals surface area (Å²) in [4.78, 5) is 25.6. The molecule has 198 valence electrons. The van der Waals surface area contributed by atoms with Gasteiger partial charge in [0.2, 0.25) is 27.8 Å². The van der Waals surface area contributed by atoms with Gasteiger partial charge in [-0.05, 0) is 48.9 Å². The first-order chi connectivity index (χ1) is 18.2. The van der Waals surface area contributed by atoms with Crippen LogP contribution in [-0.2, 0) is 21.4 Å². The average molecular weight is 538 g/mol. The van der Waals surface area contributed by atoms with E-state index in [1.54, 1.807) is 36.4 Å². The molecule has 0 spiro atoms. The Balaban J connectivity index is 1.54. The van der Waals surface area contributed by atoms with Crippen LogP contribution >= 0.6 is 0 Å². The highest BCUT2D eigenvalue weighted by Crippen LogP contribution is 2.27. The number of rotatable bonds is 10. The zero-order valence-electron chi connectivity index (χ0n) is 20.5. The number of hydrogen-bond donors (Lipinski definition) is 5. The molecule has 0 fully saturated rings. The lowest BCUT2D eigenvalue weighted by Crippen LogP contribution is -2.38. The van der Waals surface area contributed by atoms with E-state index in [0.29, 0.717) is 47.4 Å². The van der Waals surface area contributed by atoms with Crippen molar-refractivity contribution in [2.75, 3.05) is 23.8 Å². The van der Waals surface area contributed by atoms with Crippen molar-refractivity contribution >= 4 is 38.6 Å². The molecule has 7 N–H and O–H groups in total. The smallest absolute Gasteiger partial charge is 0.245 e. The Morgan fingerprint density at radius 1 is 1.03 bits per heavy atom. The summed E-state index contributed by atoms with van der Waals surface area (Å²) in [6.07, 6.45) is 0. The summed E-state index contributed by atoms with van der Waals surface area (Å²) in [5.41, 5.74) is 9.39. The van der Waals surface area contributed by atoms with Crippen LogP contribution in [0.5, 0.6) is 5.88 Å². The molecule has 1 amide bonds. The van der Waals surface area contributed by atoms with Crippen molar-refractivity contribution in [1.29, 1.82) is 0 Å². The molecule has 13 heteroatoms. The van der Waals surface area contributed by atoms with Crippen LogP contribution in [0.3, 0.4) is 0 Å². The Bertz CT molecular complexity index is 1550. The second kappa shape index (κ2) is 11.5. The van der Waals surface area contributed by atoms with Crippen molar-refractivity contribution in [2.45, 2.75) is 24.4 Å². The van der Waals surface area contributed by atoms with Gasteiger partial charge in [-0.1, -0.05) is 24.3 Å². The molecule has 4 rings (SSSR count). The van der Waals surface area contributed by atoms with Gasteiger partial charge in [0.1, 0.15) is 6.04 Å². The van der Waals surface area contributed by atoms with E-state index in [1.165, 1.54) is 12.1 Å². The highest BCUT2D eigenvalue weighted by Gasteiger charge is 2.14. The van der Waals surface area contributed by atoms with Gasteiger partial charge in [-0.2, -0.15) is 4.98 Å². The van der Waals surface area contributed by atoms with Gasteiger partial charge in [0.05, 0.1) is 29.3 Å². The number of sulfonamides is 1. The Labute approximate surface area is 219 Å². The molecule has 0 unspecified atom stereocenters. The summed E-state index contributed by atoms with van der Waals surface area (Å²) in [5.74, 6) is 0.160. The van der Waals surface area contributed by atoms with Gasteiger partial charge >= 0.3 is 0 Å². The van der Waals surface area contributed by atoms with Crippen LogP contribution in [0.25, 0.3) is 22.3 Å². The molecule has 1 atom stereocenters. The predicted molar refractivity (Wildman–Crippen MR) is 143 cm³/mol. The van der Waals surface area contributed by atoms with Gasteiger partial charge in [0.25, 0.3) is 0 Å². The monoisotopic (exact) mass is 537 g/mol. The predicted octanol–water partition coefficient (Wildman–Crippen LogP) is 1.61. The lowest BCUT2D eigenvalue weighted by Gasteiger charge is -2.12. The second-order valence-electron chi connectivity index (χ2n) is 8.25. The fourth-order valence-corrected chi connectivity index (χ4v) is 4.00. The molecule has 0 bridgehead atoms. The molecule has 0 radical (unpaired) electrons. The second-order valence-corrected chi connectivity index (χ2v) is 9.81. The van der Waals surface area contributed by atoms with Crippen LogP contribution < -0.4 is 26.2 Å². The van der Waals surface area contributed by atoms with Crippen LogP contribution in [0.2, 0.25) is 0 Å². The fourth-order valence-electron chi connectivity index (χ4n) is 3.49. The van der Waals surface area contributed by atoms with E-state index in [-0.39, 0.29) is 4.90 Å². The molecule has 0 saturated carbocycles. The minimum Gasteiger partial charge on any atom is -0.476 e. The number of nitrogens with one attached hydrogen (secondary N) is 2. The molecule has 0 aliphatic rings. The lowest BCUT2D eigenvalue weighted by molar-refractivity contribution is -0.118. The van der Waals surface area contributed by atoms with E-state index in [2.05, 4.69) is 20.6 Å². The highest BCUT2D eigenvalue weighted by atomic mass is 32.2. The number of nitrogens with zero attached hydrogens (tertiary/aromatic N) is 3. The summed E-state index contributed by atoms with van der Waals surface area (Å²) in [6, 6.07) is 15.8. The van der Waals surface area contributed by atoms with Gasteiger partial charge < -0.3 is 26.2 Å². The first-order valence-corrected chi connectivity index (χ1v) is 13.2. The van der Waals surface area contributed by atoms with E-state index in [0.717, 1.165) is 11.1 Å². The summed E-state index contributed by atoms with van der Waals surface area (Å²) >= 11 is 0. The highest BCUT2D eigenvalue weighted by molar-refractivity contribution is 7.89. The molecular weight excluding hydrogens is 510 g/mol. The molecule has 38 heavy (non-hydrogen) atoms. The largest absolute Gasteiger partial charge is 0.476 e. The molecule has 4 aromatic rings. The first kappa shape index (κ1) is 26.9. The number of primary sulfonamides is 1. The Morgan fingerprint density at radius 2 is 1.74 bits per heavy atom. The third kappa shape index (κ3) is 6.39. The van der Waals surface area contributed by atoms with Crippen molar-refractivity contribution in [3.05, 3.63) is 66.2 Å². The fraction of sp³-hybridized carbons (Fsp3) is 0.200. The normalized spacial score (nSPS) is 12.2. The SMILES string of the molecule is CCOc1nc(NCc2ccc(S(N)(=O)=O)cc2)nc2ccc(-c3ccc(NC(=O)[C@@H](N)CO)cc3)nc12. The van der Waals surface area contributed by atoms with Crippen LogP contribution in [0, 0.1) is 0 Å². The Kier molecular flexibility index (Phi) is 8.12. The maximum Gasteiger partial charge on any atom is 0.245 e. The Morgan fingerprint density at radius 3 is 2.37 bits per heavy atom. The zero-order valence-corrected chi connectivity index (χ0v) is 21.3. The van der Waals surface area contributed by atoms with Crippen LogP contribution in [-0.4, -0.2) is 53.6 Å². The van der Waals surface area contributed by atoms with E-state index in [1.807, 2.05) is 19.1 Å². The number of aliphatic hydroxyl groups excluding tert-OH is 1. The maximum atomic E-state index is 11.9. The van der Waals surface area contributed by atoms with E-state index >= 15 is 0 Å². The third-order valence-corrected chi connectivity index (χ3v) is 6.40. The molecule has 2 heterocycles. The number of aliphatic hydroxyl groups is 1. The summed E-state index contributed by atoms with van der Waals surface area (Å²) in [5, 5.41) is 19.9. The summed E-state index contributed by atoms with van der Waals surface area (Å²) < 4.78 is 28.6. The van der Waals surface area contributed by atoms with E-state index in [4.69, 9.17) is 25.7 Å². The number of nitrogens with two attached hydrogens (primary N) is 2. The van der Waals surface area contributed by atoms with Crippen LogP contribution in [0.1, 0.15) is 12.5 Å². The molecule has 0 aliphatic heterocycles. The maximum absolute atomic E-state index is 11.9. The summed E-state index contributed by atoms with van der Waals surface area (Å²) in [7, 11) is -3.76. The number of fused-ring (bicyclic) bond motifs is 1. The van der Waals surface area contributed by atoms with Gasteiger partial charge in [-0.25, -0.2) is 23.5 Å². The van der Waals surface area contributed by atoms with Crippen molar-refractivity contribution in [3.63, 3.8) is 0 Å². The van der Waals surface area contributed by atoms with Gasteiger partial charge in [-0.3, -0.25) is 4.79 Å².